The van der Waals surface area contributed by atoms with Crippen LogP contribution in [0.5, 0.6) is 0 Å². The fourth-order valence-electron chi connectivity index (χ4n) is 3.29. The Bertz CT molecular complexity index is 520. The van der Waals surface area contributed by atoms with E-state index in [1.807, 2.05) is 6.92 Å². The minimum atomic E-state index is -0.989. The number of rotatable bonds is 12. The zero-order valence-corrected chi connectivity index (χ0v) is 16.2. The zero-order chi connectivity index (χ0) is 19.0. The lowest BCUT2D eigenvalue weighted by Crippen LogP contribution is -2.30. The smallest absolute Gasteiger partial charge is 0.329 e. The van der Waals surface area contributed by atoms with E-state index in [2.05, 4.69) is 6.92 Å². The van der Waals surface area contributed by atoms with Gasteiger partial charge in [0.25, 0.3) is 0 Å². The number of ketones is 2. The molecule has 1 rings (SSSR count). The van der Waals surface area contributed by atoms with Crippen LogP contribution in [0.4, 0.5) is 0 Å². The van der Waals surface area contributed by atoms with Crippen LogP contribution >= 0.6 is 0 Å². The Morgan fingerprint density at radius 3 is 2.36 bits per heavy atom. The van der Waals surface area contributed by atoms with Gasteiger partial charge < -0.3 is 9.47 Å². The summed E-state index contributed by atoms with van der Waals surface area (Å²) in [5, 5.41) is 0. The standard InChI is InChI=1S/C20H32O5/c1-6-7-8-9-10-11-16(21)13(2)12-14(3)18(22)17-19(24-5)15(4)25-20(17)23/h13-14,17H,6-12H2,1-5H3/t13-,14-,17?/m0/s1. The van der Waals surface area contributed by atoms with Crippen LogP contribution in [-0.4, -0.2) is 24.6 Å². The average molecular weight is 352 g/mol. The molecule has 142 valence electrons. The zero-order valence-electron chi connectivity index (χ0n) is 16.2. The van der Waals surface area contributed by atoms with Crippen LogP contribution in [0.1, 0.15) is 72.6 Å². The number of esters is 1. The first-order chi connectivity index (χ1) is 11.8. The molecular weight excluding hydrogens is 320 g/mol. The van der Waals surface area contributed by atoms with Crippen molar-refractivity contribution >= 4 is 17.5 Å². The van der Waals surface area contributed by atoms with Gasteiger partial charge in [-0.2, -0.15) is 0 Å². The van der Waals surface area contributed by atoms with Gasteiger partial charge in [0.2, 0.25) is 0 Å². The minimum Gasteiger partial charge on any atom is -0.496 e. The molecular formula is C20H32O5. The molecule has 5 heteroatoms. The van der Waals surface area contributed by atoms with Crippen LogP contribution in [0, 0.1) is 17.8 Å². The van der Waals surface area contributed by atoms with E-state index in [-0.39, 0.29) is 23.2 Å². The van der Waals surface area contributed by atoms with Gasteiger partial charge in [0.1, 0.15) is 11.5 Å². The summed E-state index contributed by atoms with van der Waals surface area (Å²) >= 11 is 0. The van der Waals surface area contributed by atoms with Crippen LogP contribution in [0.2, 0.25) is 0 Å². The van der Waals surface area contributed by atoms with Gasteiger partial charge in [-0.1, -0.05) is 46.5 Å². The minimum absolute atomic E-state index is 0.182. The Morgan fingerprint density at radius 1 is 1.12 bits per heavy atom. The first kappa shape index (κ1) is 21.4. The molecule has 0 amide bonds. The summed E-state index contributed by atoms with van der Waals surface area (Å²) in [5.41, 5.74) is 0. The van der Waals surface area contributed by atoms with E-state index in [9.17, 15) is 14.4 Å². The number of methoxy groups -OCH3 is 1. The lowest BCUT2D eigenvalue weighted by molar-refractivity contribution is -0.145. The second-order valence-electron chi connectivity index (χ2n) is 7.05. The predicted octanol–water partition coefficient (Wildman–Crippen LogP) is 4.20. The number of ether oxygens (including phenoxy) is 2. The van der Waals surface area contributed by atoms with Crippen LogP contribution < -0.4 is 0 Å². The Labute approximate surface area is 151 Å². The highest BCUT2D eigenvalue weighted by Gasteiger charge is 2.42. The summed E-state index contributed by atoms with van der Waals surface area (Å²) < 4.78 is 10.2. The normalized spacial score (nSPS) is 19.6. The van der Waals surface area contributed by atoms with Crippen molar-refractivity contribution in [3.8, 4) is 0 Å². The molecule has 0 saturated heterocycles. The number of unbranched alkanes of at least 4 members (excludes halogenated alkanes) is 4. The van der Waals surface area contributed by atoms with Gasteiger partial charge in [-0.3, -0.25) is 14.4 Å². The van der Waals surface area contributed by atoms with E-state index in [4.69, 9.17) is 9.47 Å². The molecule has 1 aliphatic rings. The molecule has 0 spiro atoms. The summed E-state index contributed by atoms with van der Waals surface area (Å²) in [6.07, 6.45) is 6.58. The lowest BCUT2D eigenvalue weighted by Gasteiger charge is -2.18. The first-order valence-corrected chi connectivity index (χ1v) is 9.36. The lowest BCUT2D eigenvalue weighted by atomic mass is 9.84. The van der Waals surface area contributed by atoms with Gasteiger partial charge >= 0.3 is 5.97 Å². The molecule has 0 aromatic rings. The van der Waals surface area contributed by atoms with E-state index in [1.165, 1.54) is 26.4 Å². The quantitative estimate of drug-likeness (QED) is 0.299. The Morgan fingerprint density at radius 2 is 1.76 bits per heavy atom. The van der Waals surface area contributed by atoms with Gasteiger partial charge in [0, 0.05) is 18.3 Å². The third-order valence-corrected chi connectivity index (χ3v) is 4.87. The fourth-order valence-corrected chi connectivity index (χ4v) is 3.29. The molecule has 0 fully saturated rings. The molecule has 0 N–H and O–H groups in total. The molecule has 0 radical (unpaired) electrons. The van der Waals surface area contributed by atoms with Crippen LogP contribution in [-0.2, 0) is 23.9 Å². The molecule has 5 nitrogen and oxygen atoms in total. The molecule has 1 aliphatic heterocycles. The highest BCUT2D eigenvalue weighted by Crippen LogP contribution is 2.31. The van der Waals surface area contributed by atoms with Crippen LogP contribution in [0.15, 0.2) is 11.5 Å². The molecule has 0 aliphatic carbocycles. The monoisotopic (exact) mass is 352 g/mol. The third-order valence-electron chi connectivity index (χ3n) is 4.87. The van der Waals surface area contributed by atoms with Crippen LogP contribution in [0.3, 0.4) is 0 Å². The Kier molecular flexibility index (Phi) is 8.87. The van der Waals surface area contributed by atoms with Crippen molar-refractivity contribution in [3.05, 3.63) is 11.5 Å². The molecule has 0 aromatic heterocycles. The maximum Gasteiger partial charge on any atom is 0.329 e. The highest BCUT2D eigenvalue weighted by molar-refractivity contribution is 6.04. The van der Waals surface area contributed by atoms with E-state index < -0.39 is 17.8 Å². The number of Topliss-reactive ketones (excluding diaryl/α,β-unsaturated/α-hetero) is 2. The predicted molar refractivity (Wildman–Crippen MR) is 95.6 cm³/mol. The van der Waals surface area contributed by atoms with Crippen molar-refractivity contribution in [1.29, 1.82) is 0 Å². The molecule has 0 aromatic carbocycles. The van der Waals surface area contributed by atoms with Gasteiger partial charge in [-0.15, -0.1) is 0 Å². The number of hydrogen-bond acceptors (Lipinski definition) is 5. The van der Waals surface area contributed by atoms with E-state index in [0.29, 0.717) is 18.6 Å². The molecule has 1 unspecified atom stereocenters. The molecule has 25 heavy (non-hydrogen) atoms. The highest BCUT2D eigenvalue weighted by atomic mass is 16.6. The Hall–Kier alpha value is -1.65. The molecule has 1 heterocycles. The maximum absolute atomic E-state index is 12.6. The number of carbonyl (C=O) groups is 3. The van der Waals surface area contributed by atoms with Crippen molar-refractivity contribution in [2.24, 2.45) is 17.8 Å². The first-order valence-electron chi connectivity index (χ1n) is 9.36. The van der Waals surface area contributed by atoms with E-state index >= 15 is 0 Å². The van der Waals surface area contributed by atoms with E-state index in [0.717, 1.165) is 12.8 Å². The second-order valence-corrected chi connectivity index (χ2v) is 7.05. The second kappa shape index (κ2) is 10.4. The number of carbonyl (C=O) groups excluding carboxylic acids is 3. The fraction of sp³-hybridized carbons (Fsp3) is 0.750. The van der Waals surface area contributed by atoms with E-state index in [1.54, 1.807) is 13.8 Å². The maximum atomic E-state index is 12.6. The number of hydrogen-bond donors (Lipinski definition) is 0. The summed E-state index contributed by atoms with van der Waals surface area (Å²) in [5.74, 6) is -1.56. The van der Waals surface area contributed by atoms with Crippen molar-refractivity contribution in [3.63, 3.8) is 0 Å². The van der Waals surface area contributed by atoms with Crippen LogP contribution in [0.25, 0.3) is 0 Å². The molecule has 3 atom stereocenters. The van der Waals surface area contributed by atoms with Gasteiger partial charge in [-0.25, -0.2) is 0 Å². The van der Waals surface area contributed by atoms with Crippen molar-refractivity contribution in [2.75, 3.05) is 7.11 Å². The Balaban J connectivity index is 2.51. The van der Waals surface area contributed by atoms with Gasteiger partial charge in [-0.05, 0) is 19.8 Å². The van der Waals surface area contributed by atoms with Crippen molar-refractivity contribution in [1.82, 2.24) is 0 Å². The summed E-state index contributed by atoms with van der Waals surface area (Å²) in [4.78, 5) is 36.8. The topological polar surface area (TPSA) is 69.7 Å². The van der Waals surface area contributed by atoms with Gasteiger partial charge in [0.05, 0.1) is 7.11 Å². The SMILES string of the molecule is CCCCCCCC(=O)[C@@H](C)C[C@H](C)C(=O)C1C(=O)OC(C)=C1OC. The largest absolute Gasteiger partial charge is 0.496 e. The third kappa shape index (κ3) is 5.98. The average Bonchev–Trinajstić information content (AvgIpc) is 2.86. The summed E-state index contributed by atoms with van der Waals surface area (Å²) in [6.45, 7) is 7.40. The summed E-state index contributed by atoms with van der Waals surface area (Å²) in [6, 6.07) is 0. The number of cyclic esters (lactones) is 1. The molecule has 0 bridgehead atoms. The van der Waals surface area contributed by atoms with Crippen molar-refractivity contribution < 1.29 is 23.9 Å². The van der Waals surface area contributed by atoms with Gasteiger partial charge in [0.15, 0.2) is 17.5 Å². The summed E-state index contributed by atoms with van der Waals surface area (Å²) in [7, 11) is 1.43. The number of allylic oxidation sites excluding steroid dienone is 1. The van der Waals surface area contributed by atoms with Crippen molar-refractivity contribution in [2.45, 2.75) is 72.6 Å². The molecule has 0 saturated carbocycles.